The maximum atomic E-state index is 15.3. The lowest BCUT2D eigenvalue weighted by Crippen LogP contribution is -2.09. The molecule has 2 atom stereocenters. The fraction of sp³-hybridized carbons (Fsp3) is 0.324. The number of hydrogen-bond acceptors (Lipinski definition) is 6. The van der Waals surface area contributed by atoms with Gasteiger partial charge in [-0.25, -0.2) is 4.39 Å². The summed E-state index contributed by atoms with van der Waals surface area (Å²) in [7, 11) is 1.39. The topological polar surface area (TPSA) is 70.5 Å². The van der Waals surface area contributed by atoms with Crippen LogP contribution in [0.15, 0.2) is 54.6 Å². The fourth-order valence-electron chi connectivity index (χ4n) is 6.21. The Morgan fingerprint density at radius 3 is 2.56 bits per heavy atom. The number of methoxy groups -OCH3 is 1. The average Bonchev–Trinajstić information content (AvgIpc) is 3.58. The van der Waals surface area contributed by atoms with Gasteiger partial charge in [-0.2, -0.15) is 10.2 Å². The summed E-state index contributed by atoms with van der Waals surface area (Å²) in [5, 5.41) is 8.74. The van der Waals surface area contributed by atoms with Crippen molar-refractivity contribution < 1.29 is 23.4 Å². The van der Waals surface area contributed by atoms with E-state index in [1.807, 2.05) is 36.4 Å². The average molecular weight is 553 g/mol. The minimum absolute atomic E-state index is 0.0423. The number of benzene rings is 3. The lowest BCUT2D eigenvalue weighted by atomic mass is 9.88. The highest BCUT2D eigenvalue weighted by Gasteiger charge is 2.32. The molecular formula is C34H33FN2O4. The second-order valence-corrected chi connectivity index (χ2v) is 10.9. The van der Waals surface area contributed by atoms with Gasteiger partial charge in [0.2, 0.25) is 0 Å². The molecule has 0 radical (unpaired) electrons. The molecule has 7 heteroatoms. The van der Waals surface area contributed by atoms with E-state index in [9.17, 15) is 4.79 Å². The van der Waals surface area contributed by atoms with Crippen molar-refractivity contribution in [3.8, 4) is 33.9 Å². The van der Waals surface area contributed by atoms with E-state index in [0.717, 1.165) is 63.2 Å². The SMILES string of the molecule is CCc1ccc(-c2cc(C)c(-c3ccc(F)c4c3CC[C@H]4Oc3ccc4c(c3)OC[C@H]4CC(=O)OC)c(C)c2)nn1. The third kappa shape index (κ3) is 5.05. The molecule has 3 aromatic carbocycles. The second kappa shape index (κ2) is 11.0. The lowest BCUT2D eigenvalue weighted by Gasteiger charge is -2.19. The van der Waals surface area contributed by atoms with Gasteiger partial charge in [-0.1, -0.05) is 19.1 Å². The minimum atomic E-state index is -0.400. The molecule has 6 rings (SSSR count). The number of aromatic nitrogens is 2. The highest BCUT2D eigenvalue weighted by molar-refractivity contribution is 5.79. The second-order valence-electron chi connectivity index (χ2n) is 10.9. The maximum absolute atomic E-state index is 15.3. The number of carbonyl (C=O) groups is 1. The van der Waals surface area contributed by atoms with E-state index in [-0.39, 0.29) is 24.1 Å². The van der Waals surface area contributed by atoms with Gasteiger partial charge in [0.05, 0.1) is 31.5 Å². The molecule has 6 nitrogen and oxygen atoms in total. The van der Waals surface area contributed by atoms with E-state index in [0.29, 0.717) is 30.1 Å². The third-order valence-corrected chi connectivity index (χ3v) is 8.25. The molecule has 210 valence electrons. The van der Waals surface area contributed by atoms with Crippen molar-refractivity contribution in [3.63, 3.8) is 0 Å². The molecule has 41 heavy (non-hydrogen) atoms. The largest absolute Gasteiger partial charge is 0.492 e. The Balaban J connectivity index is 1.28. The van der Waals surface area contributed by atoms with Gasteiger partial charge in [0, 0.05) is 28.7 Å². The van der Waals surface area contributed by atoms with Crippen LogP contribution < -0.4 is 9.47 Å². The van der Waals surface area contributed by atoms with Crippen molar-refractivity contribution in [2.75, 3.05) is 13.7 Å². The predicted molar refractivity (Wildman–Crippen MR) is 155 cm³/mol. The van der Waals surface area contributed by atoms with Crippen LogP contribution in [0.5, 0.6) is 11.5 Å². The molecule has 0 amide bonds. The van der Waals surface area contributed by atoms with Gasteiger partial charge in [-0.15, -0.1) is 0 Å². The fourth-order valence-corrected chi connectivity index (χ4v) is 6.21. The highest BCUT2D eigenvalue weighted by Crippen LogP contribution is 2.45. The summed E-state index contributed by atoms with van der Waals surface area (Å²) in [6.07, 6.45) is 2.12. The number of hydrogen-bond donors (Lipinski definition) is 0. The van der Waals surface area contributed by atoms with Gasteiger partial charge >= 0.3 is 5.97 Å². The molecule has 1 aliphatic carbocycles. The lowest BCUT2D eigenvalue weighted by molar-refractivity contribution is -0.141. The van der Waals surface area contributed by atoms with E-state index >= 15 is 4.39 Å². The van der Waals surface area contributed by atoms with Crippen molar-refractivity contribution in [2.24, 2.45) is 0 Å². The summed E-state index contributed by atoms with van der Waals surface area (Å²) in [4.78, 5) is 11.8. The normalized spacial score (nSPS) is 17.1. The molecule has 0 fully saturated rings. The van der Waals surface area contributed by atoms with Crippen LogP contribution in [0, 0.1) is 19.7 Å². The molecule has 0 spiro atoms. The Morgan fingerprint density at radius 2 is 1.85 bits per heavy atom. The van der Waals surface area contributed by atoms with Crippen LogP contribution in [0.1, 0.15) is 65.3 Å². The number of carbonyl (C=O) groups excluding carboxylic acids is 1. The van der Waals surface area contributed by atoms with Gasteiger partial charge in [-0.3, -0.25) is 4.79 Å². The van der Waals surface area contributed by atoms with Gasteiger partial charge in [0.1, 0.15) is 23.4 Å². The number of nitrogens with zero attached hydrogens (tertiary/aromatic N) is 2. The van der Waals surface area contributed by atoms with Gasteiger partial charge in [0.25, 0.3) is 0 Å². The van der Waals surface area contributed by atoms with Crippen LogP contribution in [0.3, 0.4) is 0 Å². The molecule has 2 aliphatic rings. The first-order valence-corrected chi connectivity index (χ1v) is 14.1. The van der Waals surface area contributed by atoms with Crippen molar-refractivity contribution >= 4 is 5.97 Å². The van der Waals surface area contributed by atoms with Crippen LogP contribution in [0.2, 0.25) is 0 Å². The Bertz CT molecular complexity index is 1610. The Morgan fingerprint density at radius 1 is 1.05 bits per heavy atom. The van der Waals surface area contributed by atoms with Crippen molar-refractivity contribution in [2.45, 2.75) is 58.5 Å². The first-order valence-electron chi connectivity index (χ1n) is 14.1. The van der Waals surface area contributed by atoms with Gasteiger partial charge < -0.3 is 14.2 Å². The predicted octanol–water partition coefficient (Wildman–Crippen LogP) is 7.23. The van der Waals surface area contributed by atoms with E-state index in [4.69, 9.17) is 14.2 Å². The molecule has 0 saturated carbocycles. The van der Waals surface area contributed by atoms with Crippen molar-refractivity contribution in [1.82, 2.24) is 10.2 Å². The highest BCUT2D eigenvalue weighted by atomic mass is 19.1. The van der Waals surface area contributed by atoms with Crippen LogP contribution in [0.4, 0.5) is 4.39 Å². The number of fused-ring (bicyclic) bond motifs is 2. The molecule has 0 N–H and O–H groups in total. The molecule has 2 heterocycles. The summed E-state index contributed by atoms with van der Waals surface area (Å²) in [6, 6.07) is 17.4. The number of halogens is 1. The Kier molecular flexibility index (Phi) is 7.20. The van der Waals surface area contributed by atoms with Gasteiger partial charge in [-0.05, 0) is 97.3 Å². The first kappa shape index (κ1) is 26.9. The summed E-state index contributed by atoms with van der Waals surface area (Å²) in [5.74, 6) is 0.764. The van der Waals surface area contributed by atoms with E-state index in [1.165, 1.54) is 7.11 Å². The third-order valence-electron chi connectivity index (χ3n) is 8.25. The zero-order valence-corrected chi connectivity index (χ0v) is 23.8. The van der Waals surface area contributed by atoms with Crippen LogP contribution >= 0.6 is 0 Å². The zero-order valence-electron chi connectivity index (χ0n) is 23.8. The number of rotatable bonds is 7. The summed E-state index contributed by atoms with van der Waals surface area (Å²) < 4.78 is 32.4. The molecular weight excluding hydrogens is 519 g/mol. The quantitative estimate of drug-likeness (QED) is 0.225. The number of esters is 1. The molecule has 0 saturated heterocycles. The number of ether oxygens (including phenoxy) is 3. The summed E-state index contributed by atoms with van der Waals surface area (Å²) in [5.41, 5.74) is 9.79. The smallest absolute Gasteiger partial charge is 0.306 e. The maximum Gasteiger partial charge on any atom is 0.306 e. The summed E-state index contributed by atoms with van der Waals surface area (Å²) in [6.45, 7) is 6.67. The minimum Gasteiger partial charge on any atom is -0.492 e. The van der Waals surface area contributed by atoms with Gasteiger partial charge in [0.15, 0.2) is 0 Å². The standard InChI is InChI=1S/C34H33FN2O4/c1-5-23-6-12-29(37-36-23)21-14-19(2)33(20(3)15-21)26-9-11-28(35)34-27(26)10-13-30(34)41-24-7-8-25-22(16-32(38)39-4)18-40-31(25)17-24/h6-9,11-12,14-15,17,22,30H,5,10,13,16,18H2,1-4H3/t22-,30-/m1/s1. The van der Waals surface area contributed by atoms with Crippen LogP contribution in [-0.4, -0.2) is 29.9 Å². The first-order chi connectivity index (χ1) is 19.9. The van der Waals surface area contributed by atoms with E-state index in [2.05, 4.69) is 43.1 Å². The molecule has 4 aromatic rings. The molecule has 0 bridgehead atoms. The molecule has 1 aliphatic heterocycles. The Hall–Kier alpha value is -4.26. The number of aryl methyl sites for hydroxylation is 3. The van der Waals surface area contributed by atoms with Crippen molar-refractivity contribution in [1.29, 1.82) is 0 Å². The summed E-state index contributed by atoms with van der Waals surface area (Å²) >= 11 is 0. The van der Waals surface area contributed by atoms with Crippen LogP contribution in [0.25, 0.3) is 22.4 Å². The molecule has 0 unspecified atom stereocenters. The van der Waals surface area contributed by atoms with E-state index in [1.54, 1.807) is 6.07 Å². The zero-order chi connectivity index (χ0) is 28.7. The van der Waals surface area contributed by atoms with Crippen molar-refractivity contribution in [3.05, 3.63) is 93.9 Å². The molecule has 1 aromatic heterocycles. The Labute approximate surface area is 239 Å². The van der Waals surface area contributed by atoms with E-state index < -0.39 is 6.10 Å². The van der Waals surface area contributed by atoms with Crippen LogP contribution in [-0.2, 0) is 22.4 Å². The monoisotopic (exact) mass is 552 g/mol.